The highest BCUT2D eigenvalue weighted by Crippen LogP contribution is 2.32. The average molecular weight is 417 g/mol. The van der Waals surface area contributed by atoms with Crippen LogP contribution in [0.4, 0.5) is 8.78 Å². The van der Waals surface area contributed by atoms with Gasteiger partial charge in [0, 0.05) is 32.4 Å². The molecule has 1 aromatic carbocycles. The van der Waals surface area contributed by atoms with Gasteiger partial charge < -0.3 is 14.4 Å². The molecule has 2 atom stereocenters. The molecule has 0 unspecified atom stereocenters. The third kappa shape index (κ3) is 4.72. The van der Waals surface area contributed by atoms with Crippen molar-refractivity contribution in [1.82, 2.24) is 13.9 Å². The molecule has 0 bridgehead atoms. The number of hydrogen-bond acceptors (Lipinski definition) is 5. The Morgan fingerprint density at radius 1 is 1.36 bits per heavy atom. The van der Waals surface area contributed by atoms with Gasteiger partial charge in [0.2, 0.25) is 10.0 Å². The lowest BCUT2D eigenvalue weighted by molar-refractivity contribution is -0.122. The molecule has 11 heteroatoms. The zero-order valence-electron chi connectivity index (χ0n) is 15.3. The summed E-state index contributed by atoms with van der Waals surface area (Å²) in [5, 5.41) is 6.89. The molecule has 0 saturated carbocycles. The Morgan fingerprint density at radius 2 is 2.04 bits per heavy atom. The van der Waals surface area contributed by atoms with Gasteiger partial charge in [0.05, 0.1) is 30.6 Å². The van der Waals surface area contributed by atoms with Crippen LogP contribution in [0.1, 0.15) is 6.04 Å². The predicted octanol–water partition coefficient (Wildman–Crippen LogP) is 1.61. The molecule has 1 aromatic heterocycles. The highest BCUT2D eigenvalue weighted by atomic mass is 32.2. The van der Waals surface area contributed by atoms with Gasteiger partial charge in [-0.1, -0.05) is 6.07 Å². The van der Waals surface area contributed by atoms with Gasteiger partial charge in [-0.25, -0.2) is 26.5 Å². The molecule has 0 aliphatic carbocycles. The standard InChI is InChI=1S/C16H19F2N3O3S.CH2O2/c1-20(2)25(22,23)10-11-8-24-9-14(11)21-7-6-19-16(21)12-4-3-5-13(17)15(12)18;2-1-3/h3-7,11,14H,8-10H2,1-2H3;1H,(H,2,3)/t11-,14+;/m0./s1. The summed E-state index contributed by atoms with van der Waals surface area (Å²) >= 11 is 0. The van der Waals surface area contributed by atoms with Gasteiger partial charge in [0.25, 0.3) is 6.47 Å². The summed E-state index contributed by atoms with van der Waals surface area (Å²) < 4.78 is 60.4. The first kappa shape index (κ1) is 21.9. The molecule has 0 radical (unpaired) electrons. The second-order valence-corrected chi connectivity index (χ2v) is 8.52. The van der Waals surface area contributed by atoms with E-state index in [1.165, 1.54) is 36.7 Å². The summed E-state index contributed by atoms with van der Waals surface area (Å²) in [5.74, 6) is -2.09. The summed E-state index contributed by atoms with van der Waals surface area (Å²) in [6, 6.07) is 3.57. The maximum absolute atomic E-state index is 14.1. The molecule has 1 aliphatic heterocycles. The normalized spacial score (nSPS) is 19.3. The Kier molecular flexibility index (Phi) is 7.22. The number of nitrogens with zero attached hydrogens (tertiary/aromatic N) is 3. The van der Waals surface area contributed by atoms with Crippen LogP contribution in [0.5, 0.6) is 0 Å². The summed E-state index contributed by atoms with van der Waals surface area (Å²) in [7, 11) is -0.458. The fraction of sp³-hybridized carbons (Fsp3) is 0.412. The minimum absolute atomic E-state index is 0.0334. The first-order valence-electron chi connectivity index (χ1n) is 8.26. The molecule has 28 heavy (non-hydrogen) atoms. The van der Waals surface area contributed by atoms with E-state index in [9.17, 15) is 17.2 Å². The van der Waals surface area contributed by atoms with E-state index < -0.39 is 21.7 Å². The fourth-order valence-corrected chi connectivity index (χ4v) is 4.10. The van der Waals surface area contributed by atoms with Crippen LogP contribution < -0.4 is 0 Å². The number of carbonyl (C=O) groups is 1. The number of ether oxygens (including phenoxy) is 1. The number of aromatic nitrogens is 2. The quantitative estimate of drug-likeness (QED) is 0.742. The topological polar surface area (TPSA) is 102 Å². The molecule has 8 nitrogen and oxygen atoms in total. The van der Waals surface area contributed by atoms with Crippen molar-refractivity contribution in [1.29, 1.82) is 0 Å². The summed E-state index contributed by atoms with van der Waals surface area (Å²) in [6.45, 7) is 0.314. The zero-order valence-corrected chi connectivity index (χ0v) is 16.1. The number of benzene rings is 1. The van der Waals surface area contributed by atoms with Crippen LogP contribution >= 0.6 is 0 Å². The van der Waals surface area contributed by atoms with E-state index in [1.807, 2.05) is 0 Å². The second-order valence-electron chi connectivity index (χ2n) is 6.29. The number of rotatable bonds is 5. The smallest absolute Gasteiger partial charge is 0.290 e. The Bertz CT molecular complexity index is 917. The second kappa shape index (κ2) is 9.22. The van der Waals surface area contributed by atoms with E-state index in [2.05, 4.69) is 4.98 Å². The summed E-state index contributed by atoms with van der Waals surface area (Å²) in [6.07, 6.45) is 3.11. The maximum Gasteiger partial charge on any atom is 0.290 e. The van der Waals surface area contributed by atoms with Crippen molar-refractivity contribution in [3.63, 3.8) is 0 Å². The molecule has 2 heterocycles. The van der Waals surface area contributed by atoms with Gasteiger partial charge in [0.15, 0.2) is 11.6 Å². The highest BCUT2D eigenvalue weighted by Gasteiger charge is 2.35. The van der Waals surface area contributed by atoms with Crippen molar-refractivity contribution >= 4 is 16.5 Å². The number of hydrogen-bond donors (Lipinski definition) is 1. The monoisotopic (exact) mass is 417 g/mol. The van der Waals surface area contributed by atoms with Crippen molar-refractivity contribution < 1.29 is 31.8 Å². The fourth-order valence-electron chi connectivity index (χ4n) is 2.94. The molecule has 0 amide bonds. The third-order valence-electron chi connectivity index (χ3n) is 4.36. The molecule has 154 valence electrons. The minimum Gasteiger partial charge on any atom is -0.483 e. The molecule has 1 N–H and O–H groups in total. The first-order valence-corrected chi connectivity index (χ1v) is 9.86. The van der Waals surface area contributed by atoms with Crippen LogP contribution in [0.2, 0.25) is 0 Å². The minimum atomic E-state index is -3.41. The number of sulfonamides is 1. The van der Waals surface area contributed by atoms with Crippen LogP contribution in [0.15, 0.2) is 30.6 Å². The molecule has 1 aliphatic rings. The van der Waals surface area contributed by atoms with E-state index >= 15 is 0 Å². The lowest BCUT2D eigenvalue weighted by Crippen LogP contribution is -2.32. The van der Waals surface area contributed by atoms with E-state index in [0.717, 1.165) is 6.07 Å². The van der Waals surface area contributed by atoms with Crippen molar-refractivity contribution in [3.8, 4) is 11.4 Å². The van der Waals surface area contributed by atoms with Gasteiger partial charge in [-0.05, 0) is 12.1 Å². The van der Waals surface area contributed by atoms with Crippen LogP contribution in [0.25, 0.3) is 11.4 Å². The largest absolute Gasteiger partial charge is 0.483 e. The molecule has 1 saturated heterocycles. The third-order valence-corrected chi connectivity index (χ3v) is 6.33. The Labute approximate surface area is 161 Å². The van der Waals surface area contributed by atoms with Crippen LogP contribution in [-0.2, 0) is 19.6 Å². The van der Waals surface area contributed by atoms with Crippen molar-refractivity contribution in [2.75, 3.05) is 33.1 Å². The van der Waals surface area contributed by atoms with Gasteiger partial charge in [0.1, 0.15) is 5.82 Å². The molecule has 1 fully saturated rings. The molecular weight excluding hydrogens is 396 g/mol. The summed E-state index contributed by atoms with van der Waals surface area (Å²) in [4.78, 5) is 12.5. The Hall–Kier alpha value is -2.37. The lowest BCUT2D eigenvalue weighted by atomic mass is 10.1. The van der Waals surface area contributed by atoms with Crippen LogP contribution in [-0.4, -0.2) is 66.9 Å². The Balaban J connectivity index is 0.000000878. The van der Waals surface area contributed by atoms with E-state index in [0.29, 0.717) is 0 Å². The average Bonchev–Trinajstić information content (AvgIpc) is 3.26. The van der Waals surface area contributed by atoms with Gasteiger partial charge in [-0.3, -0.25) is 4.79 Å². The predicted molar refractivity (Wildman–Crippen MR) is 97.1 cm³/mol. The van der Waals surface area contributed by atoms with Gasteiger partial charge >= 0.3 is 0 Å². The highest BCUT2D eigenvalue weighted by molar-refractivity contribution is 7.89. The Morgan fingerprint density at radius 3 is 2.68 bits per heavy atom. The number of halogens is 2. The van der Waals surface area contributed by atoms with Crippen molar-refractivity contribution in [2.24, 2.45) is 5.92 Å². The zero-order chi connectivity index (χ0) is 20.9. The number of carboxylic acid groups (broad SMARTS) is 1. The lowest BCUT2D eigenvalue weighted by Gasteiger charge is -2.22. The van der Waals surface area contributed by atoms with Gasteiger partial charge in [-0.2, -0.15) is 0 Å². The SMILES string of the molecule is CN(C)S(=O)(=O)C[C@@H]1COC[C@H]1n1ccnc1-c1cccc(F)c1F.O=CO. The van der Waals surface area contributed by atoms with Gasteiger partial charge in [-0.15, -0.1) is 0 Å². The van der Waals surface area contributed by atoms with E-state index in [4.69, 9.17) is 14.6 Å². The van der Waals surface area contributed by atoms with Crippen LogP contribution in [0.3, 0.4) is 0 Å². The molecular formula is C17H21F2N3O5S. The molecule has 0 spiro atoms. The van der Waals surface area contributed by atoms with Crippen LogP contribution in [0, 0.1) is 17.6 Å². The van der Waals surface area contributed by atoms with E-state index in [1.54, 1.807) is 10.8 Å². The van der Waals surface area contributed by atoms with E-state index in [-0.39, 0.29) is 48.8 Å². The maximum atomic E-state index is 14.1. The molecule has 2 aromatic rings. The summed E-state index contributed by atoms with van der Waals surface area (Å²) in [5.41, 5.74) is 0.0334. The first-order chi connectivity index (χ1) is 13.2. The van der Waals surface area contributed by atoms with Crippen molar-refractivity contribution in [3.05, 3.63) is 42.2 Å². The van der Waals surface area contributed by atoms with Crippen molar-refractivity contribution in [2.45, 2.75) is 6.04 Å². The molecule has 3 rings (SSSR count). The number of imidazole rings is 1.